The molecule has 0 saturated carbocycles. The van der Waals surface area contributed by atoms with Crippen molar-refractivity contribution in [3.63, 3.8) is 0 Å². The molecule has 264 valence electrons. The van der Waals surface area contributed by atoms with Crippen molar-refractivity contribution in [3.8, 4) is 56.4 Å². The number of fused-ring (bicyclic) bond motifs is 4. The molecule has 56 heavy (non-hydrogen) atoms. The maximum absolute atomic E-state index is 6.75. The van der Waals surface area contributed by atoms with Crippen molar-refractivity contribution in [1.29, 1.82) is 0 Å². The Morgan fingerprint density at radius 2 is 0.607 bits per heavy atom. The van der Waals surface area contributed by atoms with Crippen molar-refractivity contribution in [2.24, 2.45) is 0 Å². The van der Waals surface area contributed by atoms with Crippen LogP contribution in [0.25, 0.3) is 44.2 Å². The predicted molar refractivity (Wildman–Crippen MR) is 230 cm³/mol. The Morgan fingerprint density at radius 1 is 0.250 bits per heavy atom. The number of anilines is 6. The monoisotopic (exact) mass is 718 g/mol. The van der Waals surface area contributed by atoms with E-state index in [0.29, 0.717) is 0 Å². The molecule has 0 amide bonds. The molecule has 0 atom stereocenters. The highest BCUT2D eigenvalue weighted by Crippen LogP contribution is 2.56. The molecule has 4 nitrogen and oxygen atoms in total. The van der Waals surface area contributed by atoms with Gasteiger partial charge < -0.3 is 19.3 Å². The van der Waals surface area contributed by atoms with Crippen molar-refractivity contribution >= 4 is 44.9 Å². The van der Waals surface area contributed by atoms with Crippen molar-refractivity contribution < 1.29 is 9.47 Å². The van der Waals surface area contributed by atoms with Gasteiger partial charge >= 0.3 is 0 Å². The molecule has 0 N–H and O–H groups in total. The van der Waals surface area contributed by atoms with Gasteiger partial charge in [-0.2, -0.15) is 0 Å². The zero-order valence-electron chi connectivity index (χ0n) is 30.3. The highest BCUT2D eigenvalue weighted by molar-refractivity contribution is 6.14. The zero-order valence-corrected chi connectivity index (χ0v) is 30.3. The van der Waals surface area contributed by atoms with Crippen LogP contribution in [0.1, 0.15) is 0 Å². The van der Waals surface area contributed by atoms with Crippen LogP contribution in [-0.2, 0) is 0 Å². The highest BCUT2D eigenvalue weighted by atomic mass is 16.5. The molecule has 4 heteroatoms. The number of hydrogen-bond acceptors (Lipinski definition) is 4. The average molecular weight is 719 g/mol. The summed E-state index contributed by atoms with van der Waals surface area (Å²) in [5.74, 6) is 3.35. The van der Waals surface area contributed by atoms with Gasteiger partial charge in [0.15, 0.2) is 0 Å². The van der Waals surface area contributed by atoms with Gasteiger partial charge in [-0.25, -0.2) is 0 Å². The van der Waals surface area contributed by atoms with E-state index in [2.05, 4.69) is 204 Å². The molecule has 9 aromatic carbocycles. The minimum absolute atomic E-state index is 0.832. The quantitative estimate of drug-likeness (QED) is 0.164. The summed E-state index contributed by atoms with van der Waals surface area (Å²) in [6.07, 6.45) is 0. The highest BCUT2D eigenvalue weighted by Gasteiger charge is 2.29. The van der Waals surface area contributed by atoms with E-state index in [1.165, 1.54) is 0 Å². The first-order valence-electron chi connectivity index (χ1n) is 18.9. The van der Waals surface area contributed by atoms with Crippen molar-refractivity contribution in [3.05, 3.63) is 206 Å². The zero-order chi connectivity index (χ0) is 37.0. The molecule has 0 saturated heterocycles. The summed E-state index contributed by atoms with van der Waals surface area (Å²) in [5, 5.41) is 2.16. The Morgan fingerprint density at radius 3 is 1.09 bits per heavy atom. The average Bonchev–Trinajstić information content (AvgIpc) is 3.27. The third-order valence-electron chi connectivity index (χ3n) is 10.8. The van der Waals surface area contributed by atoms with Crippen LogP contribution >= 0.6 is 0 Å². The van der Waals surface area contributed by atoms with Gasteiger partial charge in [-0.15, -0.1) is 0 Å². The molecule has 0 bridgehead atoms. The maximum atomic E-state index is 6.75. The number of rotatable bonds is 7. The summed E-state index contributed by atoms with van der Waals surface area (Å²) < 4.78 is 13.5. The summed E-state index contributed by atoms with van der Waals surface area (Å²) in [4.78, 5) is 4.54. The Kier molecular flexibility index (Phi) is 7.46. The second-order valence-corrected chi connectivity index (χ2v) is 14.1. The standard InChI is InChI=1S/C52H34N2O2/c1-5-13-37(14-6-1)53(38-15-7-2-8-16-38)41-24-21-35(22-25-41)36-23-27-43-45-29-32-48-52-46(30-31-47(51(45)52)55-49(43)33-36)44-28-26-42(34-50(44)56-48)54(39-17-9-3-10-18-39)40-19-11-4-12-20-40/h1-34H. The SMILES string of the molecule is c1ccc(N(c2ccccc2)c2ccc(-c3ccc4c(c3)Oc3ccc5c6c(ccc-4c36)Oc3cc(N(c4ccccc4)c4ccccc4)ccc3-5)cc2)cc1. The molecule has 0 spiro atoms. The third kappa shape index (κ3) is 5.31. The van der Waals surface area contributed by atoms with E-state index < -0.39 is 0 Å². The molecule has 0 radical (unpaired) electrons. The summed E-state index contributed by atoms with van der Waals surface area (Å²) in [6, 6.07) is 72.3. The topological polar surface area (TPSA) is 24.9 Å². The lowest BCUT2D eigenvalue weighted by Crippen LogP contribution is -2.10. The minimum atomic E-state index is 0.832. The first-order chi connectivity index (χ1) is 27.8. The van der Waals surface area contributed by atoms with Gasteiger partial charge in [0.25, 0.3) is 0 Å². The number of nitrogens with zero attached hydrogens (tertiary/aromatic N) is 2. The Bertz CT molecular complexity index is 2820. The molecule has 0 fully saturated rings. The normalized spacial score (nSPS) is 11.9. The van der Waals surface area contributed by atoms with E-state index in [0.717, 1.165) is 101 Å². The Hall–Kier alpha value is -7.56. The van der Waals surface area contributed by atoms with Gasteiger partial charge in [-0.1, -0.05) is 91.0 Å². The van der Waals surface area contributed by atoms with Crippen LogP contribution in [0.15, 0.2) is 206 Å². The largest absolute Gasteiger partial charge is 0.456 e. The van der Waals surface area contributed by atoms with Gasteiger partial charge in [-0.05, 0) is 131 Å². The van der Waals surface area contributed by atoms with E-state index in [1.54, 1.807) is 0 Å². The number of ether oxygens (including phenoxy) is 2. The van der Waals surface area contributed by atoms with Crippen molar-refractivity contribution in [1.82, 2.24) is 0 Å². The fraction of sp³-hybridized carbons (Fsp3) is 0. The van der Waals surface area contributed by atoms with E-state index >= 15 is 0 Å². The molecule has 2 heterocycles. The van der Waals surface area contributed by atoms with Crippen LogP contribution in [0.2, 0.25) is 0 Å². The molecular formula is C52H34N2O2. The molecule has 2 aliphatic heterocycles. The molecule has 0 aromatic heterocycles. The van der Waals surface area contributed by atoms with Crippen LogP contribution in [-0.4, -0.2) is 0 Å². The lowest BCUT2D eigenvalue weighted by Gasteiger charge is -2.29. The van der Waals surface area contributed by atoms with Crippen molar-refractivity contribution in [2.45, 2.75) is 0 Å². The van der Waals surface area contributed by atoms with E-state index in [9.17, 15) is 0 Å². The molecular weight excluding hydrogens is 685 g/mol. The van der Waals surface area contributed by atoms with E-state index in [-0.39, 0.29) is 0 Å². The van der Waals surface area contributed by atoms with Crippen molar-refractivity contribution in [2.75, 3.05) is 9.80 Å². The number of para-hydroxylation sites is 4. The van der Waals surface area contributed by atoms with Crippen LogP contribution < -0.4 is 19.3 Å². The molecule has 0 aliphatic carbocycles. The van der Waals surface area contributed by atoms with Gasteiger partial charge in [0.2, 0.25) is 0 Å². The number of hydrogen-bond donors (Lipinski definition) is 0. The van der Waals surface area contributed by atoms with Gasteiger partial charge in [0, 0.05) is 62.1 Å². The first kappa shape index (κ1) is 31.9. The lowest BCUT2D eigenvalue weighted by molar-refractivity contribution is 0.480. The smallest absolute Gasteiger partial charge is 0.137 e. The fourth-order valence-corrected chi connectivity index (χ4v) is 8.26. The second-order valence-electron chi connectivity index (χ2n) is 14.1. The predicted octanol–water partition coefficient (Wildman–Crippen LogP) is 15.0. The van der Waals surface area contributed by atoms with E-state index in [1.807, 2.05) is 12.1 Å². The lowest BCUT2D eigenvalue weighted by atomic mass is 9.88. The third-order valence-corrected chi connectivity index (χ3v) is 10.8. The van der Waals surface area contributed by atoms with Gasteiger partial charge in [-0.3, -0.25) is 0 Å². The van der Waals surface area contributed by atoms with Crippen LogP contribution in [0.5, 0.6) is 23.0 Å². The first-order valence-corrected chi connectivity index (χ1v) is 18.9. The van der Waals surface area contributed by atoms with E-state index in [4.69, 9.17) is 9.47 Å². The van der Waals surface area contributed by atoms with Crippen LogP contribution in [0.3, 0.4) is 0 Å². The summed E-state index contributed by atoms with van der Waals surface area (Å²) in [7, 11) is 0. The van der Waals surface area contributed by atoms with Gasteiger partial charge in [0.05, 0.1) is 0 Å². The second kappa shape index (κ2) is 13.1. The molecule has 9 aromatic rings. The molecule has 0 unspecified atom stereocenters. The van der Waals surface area contributed by atoms with Gasteiger partial charge in [0.1, 0.15) is 23.0 Å². The minimum Gasteiger partial charge on any atom is -0.456 e. The Balaban J connectivity index is 0.940. The summed E-state index contributed by atoms with van der Waals surface area (Å²) in [6.45, 7) is 0. The summed E-state index contributed by atoms with van der Waals surface area (Å²) in [5.41, 5.74) is 13.2. The fourth-order valence-electron chi connectivity index (χ4n) is 8.26. The molecule has 11 rings (SSSR count). The number of benzene rings is 9. The van der Waals surface area contributed by atoms with Crippen LogP contribution in [0.4, 0.5) is 34.1 Å². The Labute approximate surface area is 325 Å². The molecule has 2 aliphatic rings. The summed E-state index contributed by atoms with van der Waals surface area (Å²) >= 11 is 0. The maximum Gasteiger partial charge on any atom is 0.137 e. The van der Waals surface area contributed by atoms with Crippen LogP contribution in [0, 0.1) is 0 Å².